The Kier molecular flexibility index (Phi) is 4.48. The molecule has 0 bridgehead atoms. The molecule has 2 N–H and O–H groups in total. The lowest BCUT2D eigenvalue weighted by atomic mass is 10.1. The molecule has 1 rings (SSSR count). The number of hydrogen-bond acceptors (Lipinski definition) is 5. The molecule has 1 amide bonds. The average molecular weight is 278 g/mol. The summed E-state index contributed by atoms with van der Waals surface area (Å²) in [6, 6.07) is 4.29. The zero-order valence-corrected chi connectivity index (χ0v) is 11.2. The number of rotatable bonds is 4. The maximum Gasteiger partial charge on any atom is 0.409 e. The summed E-state index contributed by atoms with van der Waals surface area (Å²) in [7, 11) is 1.72. The number of nitrogens with zero attached hydrogens (tertiary/aromatic N) is 3. The van der Waals surface area contributed by atoms with E-state index in [0.29, 0.717) is 5.69 Å². The molecule has 0 aliphatic heterocycles. The highest BCUT2D eigenvalue weighted by Crippen LogP contribution is 2.33. The fourth-order valence-electron chi connectivity index (χ4n) is 1.60. The minimum Gasteiger partial charge on any atom is -0.465 e. The van der Waals surface area contributed by atoms with Gasteiger partial charge in [0.1, 0.15) is 11.8 Å². The van der Waals surface area contributed by atoms with Crippen molar-refractivity contribution in [3.8, 4) is 6.07 Å². The number of nitro benzene ring substituents is 1. The lowest BCUT2D eigenvalue weighted by Crippen LogP contribution is -2.26. The van der Waals surface area contributed by atoms with Crippen LogP contribution in [0.25, 0.3) is 0 Å². The Labute approximate surface area is 115 Å². The van der Waals surface area contributed by atoms with Crippen molar-refractivity contribution in [1.82, 2.24) is 0 Å². The normalized spacial score (nSPS) is 9.95. The Bertz CT molecular complexity index is 592. The molecule has 0 aliphatic rings. The van der Waals surface area contributed by atoms with Crippen molar-refractivity contribution < 1.29 is 14.8 Å². The second-order valence-corrected chi connectivity index (χ2v) is 4.39. The minimum absolute atomic E-state index is 0.0428. The van der Waals surface area contributed by atoms with Crippen LogP contribution in [0, 0.1) is 21.4 Å². The maximum absolute atomic E-state index is 10.9. The zero-order chi connectivity index (χ0) is 15.4. The van der Waals surface area contributed by atoms with Crippen molar-refractivity contribution in [1.29, 1.82) is 5.26 Å². The fourth-order valence-corrected chi connectivity index (χ4v) is 1.60. The highest BCUT2D eigenvalue weighted by molar-refractivity contribution is 5.89. The molecule has 0 spiro atoms. The Hall–Kier alpha value is -2.82. The predicted octanol–water partition coefficient (Wildman–Crippen LogP) is 2.40. The number of carboxylic acid groups (broad SMARTS) is 1. The third kappa shape index (κ3) is 3.14. The van der Waals surface area contributed by atoms with Crippen LogP contribution in [-0.4, -0.2) is 29.2 Å². The topological polar surface area (TPSA) is 120 Å². The van der Waals surface area contributed by atoms with Gasteiger partial charge in [0.15, 0.2) is 0 Å². The first kappa shape index (κ1) is 15.2. The van der Waals surface area contributed by atoms with Gasteiger partial charge in [-0.1, -0.05) is 0 Å². The van der Waals surface area contributed by atoms with E-state index in [9.17, 15) is 14.9 Å². The van der Waals surface area contributed by atoms with E-state index in [1.807, 2.05) is 25.2 Å². The molecular weight excluding hydrogens is 264 g/mol. The molecule has 0 saturated heterocycles. The predicted molar refractivity (Wildman–Crippen MR) is 73.0 cm³/mol. The smallest absolute Gasteiger partial charge is 0.409 e. The van der Waals surface area contributed by atoms with Crippen LogP contribution < -0.4 is 10.2 Å². The van der Waals surface area contributed by atoms with Gasteiger partial charge in [0, 0.05) is 19.2 Å². The van der Waals surface area contributed by atoms with Gasteiger partial charge in [-0.2, -0.15) is 5.26 Å². The summed E-state index contributed by atoms with van der Waals surface area (Å²) in [5.74, 6) is 0. The largest absolute Gasteiger partial charge is 0.465 e. The first-order chi connectivity index (χ1) is 9.27. The number of nitro groups is 1. The molecule has 0 aliphatic carbocycles. The number of nitriles is 1. The lowest BCUT2D eigenvalue weighted by molar-refractivity contribution is -0.383. The van der Waals surface area contributed by atoms with Crippen molar-refractivity contribution in [3.05, 3.63) is 27.8 Å². The summed E-state index contributed by atoms with van der Waals surface area (Å²) in [5.41, 5.74) is -0.0745. The Morgan fingerprint density at radius 2 is 2.15 bits per heavy atom. The van der Waals surface area contributed by atoms with E-state index < -0.39 is 16.7 Å². The second kappa shape index (κ2) is 5.88. The van der Waals surface area contributed by atoms with Crippen LogP contribution >= 0.6 is 0 Å². The number of anilines is 2. The monoisotopic (exact) mass is 278 g/mol. The molecule has 0 heterocycles. The minimum atomic E-state index is -1.41. The molecule has 0 saturated carbocycles. The third-order valence-electron chi connectivity index (χ3n) is 2.83. The molecule has 8 heteroatoms. The second-order valence-electron chi connectivity index (χ2n) is 4.39. The van der Waals surface area contributed by atoms with Crippen LogP contribution in [0.2, 0.25) is 0 Å². The van der Waals surface area contributed by atoms with Gasteiger partial charge in [-0.05, 0) is 19.9 Å². The van der Waals surface area contributed by atoms with Crippen LogP contribution in [-0.2, 0) is 0 Å². The summed E-state index contributed by atoms with van der Waals surface area (Å²) in [5, 5.41) is 30.7. The van der Waals surface area contributed by atoms with E-state index in [0.717, 1.165) is 6.07 Å². The zero-order valence-electron chi connectivity index (χ0n) is 11.2. The first-order valence-corrected chi connectivity index (χ1v) is 5.73. The molecule has 0 aromatic heterocycles. The molecular formula is C12H14N4O4. The van der Waals surface area contributed by atoms with Crippen LogP contribution in [0.1, 0.15) is 19.4 Å². The number of benzene rings is 1. The van der Waals surface area contributed by atoms with Gasteiger partial charge in [-0.3, -0.25) is 15.4 Å². The van der Waals surface area contributed by atoms with Gasteiger partial charge in [-0.15, -0.1) is 0 Å². The summed E-state index contributed by atoms with van der Waals surface area (Å²) in [6.07, 6.45) is -1.41. The van der Waals surface area contributed by atoms with Crippen molar-refractivity contribution in [2.45, 2.75) is 19.9 Å². The average Bonchev–Trinajstić information content (AvgIpc) is 2.36. The molecule has 8 nitrogen and oxygen atoms in total. The standard InChI is InChI=1S/C12H14N4O4/c1-7(2)15(3)10-5-9(14-12(17)18)11(16(19)20)4-8(10)6-13/h4-5,7,14H,1-3H3,(H,17,18). The van der Waals surface area contributed by atoms with Crippen LogP contribution in [0.4, 0.5) is 21.9 Å². The van der Waals surface area contributed by atoms with Crippen molar-refractivity contribution in [2.75, 3.05) is 17.3 Å². The number of carbonyl (C=O) groups is 1. The number of hydrogen-bond donors (Lipinski definition) is 2. The highest BCUT2D eigenvalue weighted by atomic mass is 16.6. The Morgan fingerprint density at radius 3 is 2.55 bits per heavy atom. The van der Waals surface area contributed by atoms with Gasteiger partial charge >= 0.3 is 6.09 Å². The van der Waals surface area contributed by atoms with Crippen LogP contribution in [0.3, 0.4) is 0 Å². The first-order valence-electron chi connectivity index (χ1n) is 5.73. The summed E-state index contributed by atoms with van der Waals surface area (Å²) >= 11 is 0. The number of amides is 1. The molecule has 106 valence electrons. The van der Waals surface area contributed by atoms with Gasteiger partial charge < -0.3 is 10.0 Å². The summed E-state index contributed by atoms with van der Waals surface area (Å²) in [6.45, 7) is 3.76. The van der Waals surface area contributed by atoms with Crippen molar-refractivity contribution in [3.63, 3.8) is 0 Å². The van der Waals surface area contributed by atoms with E-state index in [1.165, 1.54) is 6.07 Å². The van der Waals surface area contributed by atoms with Gasteiger partial charge in [0.2, 0.25) is 0 Å². The molecule has 0 fully saturated rings. The maximum atomic E-state index is 10.9. The SMILES string of the molecule is CC(C)N(C)c1cc(NC(=O)O)c([N+](=O)[O-])cc1C#N. The Morgan fingerprint density at radius 1 is 1.55 bits per heavy atom. The van der Waals surface area contributed by atoms with E-state index in [4.69, 9.17) is 10.4 Å². The molecule has 1 aromatic carbocycles. The fraction of sp³-hybridized carbons (Fsp3) is 0.333. The highest BCUT2D eigenvalue weighted by Gasteiger charge is 2.22. The molecule has 1 aromatic rings. The van der Waals surface area contributed by atoms with Gasteiger partial charge in [-0.25, -0.2) is 4.79 Å². The molecule has 0 unspecified atom stereocenters. The summed E-state index contributed by atoms with van der Waals surface area (Å²) < 4.78 is 0. The van der Waals surface area contributed by atoms with Gasteiger partial charge in [0.05, 0.1) is 16.2 Å². The van der Waals surface area contributed by atoms with E-state index in [2.05, 4.69) is 0 Å². The van der Waals surface area contributed by atoms with Gasteiger partial charge in [0.25, 0.3) is 5.69 Å². The van der Waals surface area contributed by atoms with E-state index in [1.54, 1.807) is 11.9 Å². The van der Waals surface area contributed by atoms with Crippen LogP contribution in [0.15, 0.2) is 12.1 Å². The number of nitrogens with one attached hydrogen (secondary N) is 1. The van der Waals surface area contributed by atoms with E-state index >= 15 is 0 Å². The van der Waals surface area contributed by atoms with Crippen LogP contribution in [0.5, 0.6) is 0 Å². The van der Waals surface area contributed by atoms with E-state index in [-0.39, 0.29) is 17.3 Å². The van der Waals surface area contributed by atoms with Crippen molar-refractivity contribution >= 4 is 23.2 Å². The molecule has 20 heavy (non-hydrogen) atoms. The quantitative estimate of drug-likeness (QED) is 0.644. The molecule has 0 radical (unpaired) electrons. The summed E-state index contributed by atoms with van der Waals surface area (Å²) in [4.78, 5) is 22.6. The Balaban J connectivity index is 3.50. The lowest BCUT2D eigenvalue weighted by Gasteiger charge is -2.25. The molecule has 0 atom stereocenters. The third-order valence-corrected chi connectivity index (χ3v) is 2.83. The van der Waals surface area contributed by atoms with Crippen molar-refractivity contribution in [2.24, 2.45) is 0 Å².